The van der Waals surface area contributed by atoms with Gasteiger partial charge in [0.25, 0.3) is 5.91 Å². The number of carbonyl (C=O) groups excluding carboxylic acids is 1. The van der Waals surface area contributed by atoms with Gasteiger partial charge in [0.2, 0.25) is 5.60 Å². The van der Waals surface area contributed by atoms with Crippen LogP contribution in [0.25, 0.3) is 22.2 Å². The Morgan fingerprint density at radius 1 is 1.16 bits per heavy atom. The minimum Gasteiger partial charge on any atom is -0.490 e. The molecule has 0 spiro atoms. The number of nitrogens with one attached hydrogen (secondary N) is 1. The zero-order chi connectivity index (χ0) is 27.4. The third-order valence-electron chi connectivity index (χ3n) is 7.07. The molecule has 0 fully saturated rings. The Balaban J connectivity index is 1.52. The number of halogens is 4. The number of fused-ring (bicyclic) bond motifs is 2. The van der Waals surface area contributed by atoms with E-state index < -0.39 is 35.7 Å². The maximum atomic E-state index is 14.4. The Morgan fingerprint density at radius 3 is 2.55 bits per heavy atom. The van der Waals surface area contributed by atoms with Crippen molar-refractivity contribution in [2.24, 2.45) is 7.05 Å². The molecule has 2 N–H and O–H groups in total. The first-order valence-electron chi connectivity index (χ1n) is 12.0. The van der Waals surface area contributed by atoms with Gasteiger partial charge < -0.3 is 19.7 Å². The van der Waals surface area contributed by atoms with Crippen LogP contribution in [0.4, 0.5) is 17.6 Å². The van der Waals surface area contributed by atoms with E-state index in [0.29, 0.717) is 11.1 Å². The predicted molar refractivity (Wildman–Crippen MR) is 133 cm³/mol. The van der Waals surface area contributed by atoms with Gasteiger partial charge in [-0.05, 0) is 61.5 Å². The van der Waals surface area contributed by atoms with Gasteiger partial charge in [0.15, 0.2) is 0 Å². The number of alkyl halides is 3. The Kier molecular flexibility index (Phi) is 6.18. The van der Waals surface area contributed by atoms with Crippen LogP contribution >= 0.6 is 0 Å². The first-order valence-corrected chi connectivity index (χ1v) is 12.0. The summed E-state index contributed by atoms with van der Waals surface area (Å²) in [4.78, 5) is 17.0. The number of nitrogens with zero attached hydrogens (tertiary/aromatic N) is 2. The first-order chi connectivity index (χ1) is 17.9. The fourth-order valence-corrected chi connectivity index (χ4v) is 4.66. The van der Waals surface area contributed by atoms with E-state index in [2.05, 4.69) is 10.3 Å². The van der Waals surface area contributed by atoms with Gasteiger partial charge in [-0.1, -0.05) is 6.92 Å². The van der Waals surface area contributed by atoms with Crippen molar-refractivity contribution < 1.29 is 32.2 Å². The molecule has 0 bridgehead atoms. The van der Waals surface area contributed by atoms with Crippen LogP contribution in [0.2, 0.25) is 0 Å². The van der Waals surface area contributed by atoms with Gasteiger partial charge in [0.1, 0.15) is 17.3 Å². The van der Waals surface area contributed by atoms with E-state index in [4.69, 9.17) is 4.74 Å². The van der Waals surface area contributed by atoms with Crippen LogP contribution in [0.3, 0.4) is 0 Å². The molecule has 1 aliphatic rings. The fraction of sp³-hybridized carbons (Fsp3) is 0.286. The number of hydrogen-bond donors (Lipinski definition) is 2. The van der Waals surface area contributed by atoms with Crippen LogP contribution in [0.15, 0.2) is 54.6 Å². The molecular formula is C28H25F4N3O3. The minimum atomic E-state index is -5.18. The number of amides is 1. The number of aliphatic hydroxyl groups is 1. The highest BCUT2D eigenvalue weighted by atomic mass is 19.4. The molecule has 2 aromatic carbocycles. The van der Waals surface area contributed by atoms with E-state index in [1.54, 1.807) is 19.1 Å². The van der Waals surface area contributed by atoms with Gasteiger partial charge in [-0.2, -0.15) is 13.2 Å². The number of aryl methyl sites for hydroxylation is 2. The Hall–Kier alpha value is -3.92. The standard InChI is InChI=1S/C28H25F4N3O3/c1-15-13-38-25-21(15)12-23(34-24(25)17-4-7-20(29)8-5-17)27(37,28(30,31)32)14-33-26(36)18-6-9-22-19(11-18)10-16(2)35(22)3/h4-12,15,37H,13-14H2,1-3H3,(H,33,36)/t15-,27+/m1/s1. The van der Waals surface area contributed by atoms with Crippen molar-refractivity contribution in [2.45, 2.75) is 31.5 Å². The number of pyridine rings is 1. The van der Waals surface area contributed by atoms with Crippen molar-refractivity contribution in [3.05, 3.63) is 82.9 Å². The summed E-state index contributed by atoms with van der Waals surface area (Å²) < 4.78 is 64.4. The summed E-state index contributed by atoms with van der Waals surface area (Å²) in [5.41, 5.74) is -1.37. The average molecular weight is 528 g/mol. The molecule has 6 nitrogen and oxygen atoms in total. The lowest BCUT2D eigenvalue weighted by Gasteiger charge is -2.31. The quantitative estimate of drug-likeness (QED) is 0.343. The molecule has 0 saturated carbocycles. The SMILES string of the molecule is Cc1cc2cc(C(=O)NC[C@](O)(c3cc4c(c(-c5ccc(F)cc5)n3)OC[C@H]4C)C(F)(F)F)ccc2n1C. The van der Waals surface area contributed by atoms with E-state index >= 15 is 0 Å². The second-order valence-corrected chi connectivity index (χ2v) is 9.65. The van der Waals surface area contributed by atoms with Crippen molar-refractivity contribution in [1.29, 1.82) is 0 Å². The van der Waals surface area contributed by atoms with Gasteiger partial charge >= 0.3 is 6.18 Å². The van der Waals surface area contributed by atoms with Crippen LogP contribution in [-0.4, -0.2) is 39.9 Å². The van der Waals surface area contributed by atoms with Crippen LogP contribution in [-0.2, 0) is 12.6 Å². The summed E-state index contributed by atoms with van der Waals surface area (Å²) in [6, 6.07) is 12.9. The van der Waals surface area contributed by atoms with E-state index in [1.807, 2.05) is 24.6 Å². The number of aromatic nitrogens is 2. The molecule has 3 heterocycles. The molecule has 198 valence electrons. The zero-order valence-corrected chi connectivity index (χ0v) is 20.9. The molecule has 38 heavy (non-hydrogen) atoms. The number of benzene rings is 2. The second-order valence-electron chi connectivity index (χ2n) is 9.65. The lowest BCUT2D eigenvalue weighted by molar-refractivity contribution is -0.265. The topological polar surface area (TPSA) is 76.4 Å². The maximum absolute atomic E-state index is 14.4. The summed E-state index contributed by atoms with van der Waals surface area (Å²) in [6.45, 7) is 2.74. The van der Waals surface area contributed by atoms with Gasteiger partial charge in [-0.15, -0.1) is 0 Å². The van der Waals surface area contributed by atoms with Crippen molar-refractivity contribution in [2.75, 3.05) is 13.2 Å². The molecule has 4 aromatic rings. The third kappa shape index (κ3) is 4.28. The van der Waals surface area contributed by atoms with Crippen LogP contribution in [0.1, 0.15) is 40.2 Å². The minimum absolute atomic E-state index is 0.0563. The Labute approximate surface area is 215 Å². The van der Waals surface area contributed by atoms with Crippen LogP contribution in [0, 0.1) is 12.7 Å². The largest absolute Gasteiger partial charge is 0.490 e. The van der Waals surface area contributed by atoms with E-state index in [-0.39, 0.29) is 29.5 Å². The first kappa shape index (κ1) is 25.7. The zero-order valence-electron chi connectivity index (χ0n) is 20.9. The summed E-state index contributed by atoms with van der Waals surface area (Å²) >= 11 is 0. The van der Waals surface area contributed by atoms with E-state index in [1.165, 1.54) is 24.3 Å². The Morgan fingerprint density at radius 2 is 1.87 bits per heavy atom. The molecule has 1 aliphatic heterocycles. The van der Waals surface area contributed by atoms with Gasteiger partial charge in [-0.3, -0.25) is 4.79 Å². The van der Waals surface area contributed by atoms with Crippen molar-refractivity contribution in [3.8, 4) is 17.0 Å². The van der Waals surface area contributed by atoms with Gasteiger partial charge in [0.05, 0.1) is 18.8 Å². The Bertz CT molecular complexity index is 1550. The molecule has 0 radical (unpaired) electrons. The number of rotatable bonds is 5. The lowest BCUT2D eigenvalue weighted by Crippen LogP contribution is -2.51. The molecule has 5 rings (SSSR count). The summed E-state index contributed by atoms with van der Waals surface area (Å²) in [5, 5.41) is 14.1. The van der Waals surface area contributed by atoms with Gasteiger partial charge in [-0.25, -0.2) is 9.37 Å². The third-order valence-corrected chi connectivity index (χ3v) is 7.07. The molecular weight excluding hydrogens is 502 g/mol. The van der Waals surface area contributed by atoms with Crippen molar-refractivity contribution in [3.63, 3.8) is 0 Å². The van der Waals surface area contributed by atoms with E-state index in [9.17, 15) is 27.5 Å². The molecule has 2 aromatic heterocycles. The number of carbonyl (C=O) groups is 1. The van der Waals surface area contributed by atoms with Gasteiger partial charge in [0, 0.05) is 46.3 Å². The van der Waals surface area contributed by atoms with Crippen LogP contribution in [0.5, 0.6) is 5.75 Å². The lowest BCUT2D eigenvalue weighted by atomic mass is 9.92. The monoisotopic (exact) mass is 527 g/mol. The van der Waals surface area contributed by atoms with E-state index in [0.717, 1.165) is 28.7 Å². The second kappa shape index (κ2) is 9.13. The summed E-state index contributed by atoms with van der Waals surface area (Å²) in [7, 11) is 1.87. The molecule has 2 atom stereocenters. The highest BCUT2D eigenvalue weighted by Gasteiger charge is 2.57. The number of hydrogen-bond acceptors (Lipinski definition) is 4. The molecule has 0 aliphatic carbocycles. The molecule has 0 saturated heterocycles. The molecule has 0 unspecified atom stereocenters. The summed E-state index contributed by atoms with van der Waals surface area (Å²) in [6.07, 6.45) is -5.18. The highest BCUT2D eigenvalue weighted by Crippen LogP contribution is 2.45. The summed E-state index contributed by atoms with van der Waals surface area (Å²) in [5.74, 6) is -1.27. The van der Waals surface area contributed by atoms with Crippen LogP contribution < -0.4 is 10.1 Å². The molecule has 1 amide bonds. The predicted octanol–water partition coefficient (Wildman–Crippen LogP) is 5.36. The smallest absolute Gasteiger partial charge is 0.424 e. The molecule has 10 heteroatoms. The van der Waals surface area contributed by atoms with Crippen molar-refractivity contribution in [1.82, 2.24) is 14.9 Å². The highest BCUT2D eigenvalue weighted by molar-refractivity contribution is 5.98. The maximum Gasteiger partial charge on any atom is 0.424 e. The van der Waals surface area contributed by atoms with Crippen molar-refractivity contribution >= 4 is 16.8 Å². The fourth-order valence-electron chi connectivity index (χ4n) is 4.66. The number of ether oxygens (including phenoxy) is 1. The normalized spacial score (nSPS) is 16.7. The average Bonchev–Trinajstić information content (AvgIpc) is 3.39.